The van der Waals surface area contributed by atoms with Gasteiger partial charge in [-0.05, 0) is 106 Å². The molecular weight excluding hydrogens is 394 g/mol. The molecule has 2 fully saturated rings. The highest BCUT2D eigenvalue weighted by Gasteiger charge is 2.34. The summed E-state index contributed by atoms with van der Waals surface area (Å²) in [6, 6.07) is 3.20. The molecule has 3 aliphatic rings. The number of hydrogen-bond acceptors (Lipinski definition) is 2. The molecule has 0 spiro atoms. The van der Waals surface area contributed by atoms with Gasteiger partial charge in [0, 0.05) is 5.56 Å². The van der Waals surface area contributed by atoms with Gasteiger partial charge < -0.3 is 9.47 Å². The number of allylic oxidation sites excluding steroid dienone is 3. The number of hydrogen-bond donors (Lipinski definition) is 0. The minimum absolute atomic E-state index is 0.00933. The highest BCUT2D eigenvalue weighted by atomic mass is 19.2. The Bertz CT molecular complexity index is 787. The normalized spacial score (nSPS) is 31.7. The van der Waals surface area contributed by atoms with Crippen molar-refractivity contribution in [1.29, 1.82) is 0 Å². The SMILES string of the molecule is C=CC1CCC(C2CCC(C3CC=C(c4ccc(OCC)c(F)c4F)CC3)CO2)CC1. The first-order valence-electron chi connectivity index (χ1n) is 12.1. The van der Waals surface area contributed by atoms with Crippen LogP contribution in [0.4, 0.5) is 8.78 Å². The molecule has 1 aromatic rings. The molecule has 1 saturated carbocycles. The molecule has 31 heavy (non-hydrogen) atoms. The molecule has 0 aromatic heterocycles. The average molecular weight is 431 g/mol. The van der Waals surface area contributed by atoms with Gasteiger partial charge in [0.1, 0.15) is 0 Å². The lowest BCUT2D eigenvalue weighted by atomic mass is 9.74. The molecule has 2 aliphatic carbocycles. The minimum atomic E-state index is -0.879. The highest BCUT2D eigenvalue weighted by molar-refractivity contribution is 5.67. The van der Waals surface area contributed by atoms with E-state index in [0.29, 0.717) is 41.9 Å². The maximum atomic E-state index is 14.6. The summed E-state index contributed by atoms with van der Waals surface area (Å²) < 4.78 is 40.4. The van der Waals surface area contributed by atoms with E-state index in [1.54, 1.807) is 19.1 Å². The monoisotopic (exact) mass is 430 g/mol. The van der Waals surface area contributed by atoms with E-state index >= 15 is 0 Å². The van der Waals surface area contributed by atoms with Crippen LogP contribution in [0.25, 0.3) is 5.57 Å². The molecule has 0 N–H and O–H groups in total. The number of benzene rings is 1. The van der Waals surface area contributed by atoms with Crippen LogP contribution in [-0.4, -0.2) is 19.3 Å². The van der Waals surface area contributed by atoms with Gasteiger partial charge in [-0.3, -0.25) is 0 Å². The highest BCUT2D eigenvalue weighted by Crippen LogP contribution is 2.41. The van der Waals surface area contributed by atoms with Gasteiger partial charge in [-0.1, -0.05) is 12.2 Å². The van der Waals surface area contributed by atoms with Gasteiger partial charge in [0.15, 0.2) is 11.6 Å². The molecular formula is C27H36F2O2. The Balaban J connectivity index is 1.30. The standard InChI is InChI=1S/C27H36F2O2/c1-3-18-5-7-21(8-6-18)24-15-13-22(17-31-24)19-9-11-20(12-10-19)23-14-16-25(30-4-2)27(29)26(23)28/h3,11,14,16,18-19,21-22,24H,1,4-10,12-13,15,17H2,2H3. The Labute approximate surface area is 185 Å². The third kappa shape index (κ3) is 5.05. The molecule has 0 amide bonds. The van der Waals surface area contributed by atoms with E-state index in [2.05, 4.69) is 18.7 Å². The fourth-order valence-electron chi connectivity index (χ4n) is 5.86. The Hall–Kier alpha value is -1.68. The van der Waals surface area contributed by atoms with E-state index in [1.807, 2.05) is 0 Å². The molecule has 2 nitrogen and oxygen atoms in total. The van der Waals surface area contributed by atoms with E-state index in [1.165, 1.54) is 38.5 Å². The fraction of sp³-hybridized carbons (Fsp3) is 0.630. The van der Waals surface area contributed by atoms with Gasteiger partial charge in [-0.15, -0.1) is 6.58 Å². The summed E-state index contributed by atoms with van der Waals surface area (Å²) in [7, 11) is 0. The van der Waals surface area contributed by atoms with Gasteiger partial charge in [0.25, 0.3) is 0 Å². The molecule has 1 aliphatic heterocycles. The first-order valence-corrected chi connectivity index (χ1v) is 12.1. The predicted molar refractivity (Wildman–Crippen MR) is 121 cm³/mol. The fourth-order valence-corrected chi connectivity index (χ4v) is 5.86. The first-order chi connectivity index (χ1) is 15.1. The van der Waals surface area contributed by atoms with Crippen LogP contribution < -0.4 is 4.74 Å². The van der Waals surface area contributed by atoms with Crippen molar-refractivity contribution in [3.05, 3.63) is 48.1 Å². The quantitative estimate of drug-likeness (QED) is 0.440. The molecule has 0 radical (unpaired) electrons. The van der Waals surface area contributed by atoms with E-state index in [4.69, 9.17) is 9.47 Å². The van der Waals surface area contributed by atoms with Crippen LogP contribution in [0, 0.1) is 35.3 Å². The Morgan fingerprint density at radius 3 is 2.39 bits per heavy atom. The van der Waals surface area contributed by atoms with E-state index in [9.17, 15) is 8.78 Å². The summed E-state index contributed by atoms with van der Waals surface area (Å²) in [6.45, 7) is 6.88. The van der Waals surface area contributed by atoms with Gasteiger partial charge >= 0.3 is 0 Å². The lowest BCUT2D eigenvalue weighted by molar-refractivity contribution is -0.0692. The molecule has 0 bridgehead atoms. The van der Waals surface area contributed by atoms with Crippen LogP contribution in [0.3, 0.4) is 0 Å². The van der Waals surface area contributed by atoms with Crippen LogP contribution in [0.15, 0.2) is 30.9 Å². The maximum absolute atomic E-state index is 14.6. The van der Waals surface area contributed by atoms with Crippen molar-refractivity contribution in [2.75, 3.05) is 13.2 Å². The summed E-state index contributed by atoms with van der Waals surface area (Å²) in [5.41, 5.74) is 1.30. The first kappa shape index (κ1) is 22.5. The zero-order valence-electron chi connectivity index (χ0n) is 18.8. The molecule has 1 aromatic carbocycles. The second-order valence-corrected chi connectivity index (χ2v) is 9.56. The molecule has 4 heteroatoms. The van der Waals surface area contributed by atoms with Crippen LogP contribution in [0.1, 0.15) is 70.3 Å². The van der Waals surface area contributed by atoms with Gasteiger partial charge in [-0.25, -0.2) is 4.39 Å². The summed E-state index contributed by atoms with van der Waals surface area (Å²) in [6.07, 6.45) is 14.9. The lowest BCUT2D eigenvalue weighted by Crippen LogP contribution is -2.36. The van der Waals surface area contributed by atoms with E-state index < -0.39 is 11.6 Å². The zero-order valence-corrected chi connectivity index (χ0v) is 18.8. The molecule has 170 valence electrons. The van der Waals surface area contributed by atoms with Crippen molar-refractivity contribution in [3.8, 4) is 5.75 Å². The van der Waals surface area contributed by atoms with Crippen molar-refractivity contribution in [2.24, 2.45) is 23.7 Å². The Morgan fingerprint density at radius 2 is 1.77 bits per heavy atom. The predicted octanol–water partition coefficient (Wildman–Crippen LogP) is 7.33. The summed E-state index contributed by atoms with van der Waals surface area (Å²) in [5.74, 6) is 0.904. The number of halogens is 2. The molecule has 1 saturated heterocycles. The second-order valence-electron chi connectivity index (χ2n) is 9.56. The minimum Gasteiger partial charge on any atom is -0.491 e. The number of rotatable bonds is 6. The average Bonchev–Trinajstić information content (AvgIpc) is 2.83. The molecule has 3 unspecified atom stereocenters. The van der Waals surface area contributed by atoms with Gasteiger partial charge in [-0.2, -0.15) is 4.39 Å². The topological polar surface area (TPSA) is 18.5 Å². The number of ether oxygens (including phenoxy) is 2. The largest absolute Gasteiger partial charge is 0.491 e. The Morgan fingerprint density at radius 1 is 1.00 bits per heavy atom. The third-order valence-electron chi connectivity index (χ3n) is 7.83. The van der Waals surface area contributed by atoms with Crippen LogP contribution in [0.2, 0.25) is 0 Å². The molecule has 4 rings (SSSR count). The second kappa shape index (κ2) is 10.3. The smallest absolute Gasteiger partial charge is 0.201 e. The van der Waals surface area contributed by atoms with Crippen molar-refractivity contribution >= 4 is 5.57 Å². The summed E-state index contributed by atoms with van der Waals surface area (Å²) in [4.78, 5) is 0. The van der Waals surface area contributed by atoms with Crippen molar-refractivity contribution in [3.63, 3.8) is 0 Å². The lowest BCUT2D eigenvalue weighted by Gasteiger charge is -2.40. The Kier molecular flexibility index (Phi) is 7.47. The van der Waals surface area contributed by atoms with Crippen molar-refractivity contribution in [2.45, 2.75) is 70.8 Å². The third-order valence-corrected chi connectivity index (χ3v) is 7.83. The van der Waals surface area contributed by atoms with E-state index in [-0.39, 0.29) is 5.75 Å². The van der Waals surface area contributed by atoms with Gasteiger partial charge in [0.2, 0.25) is 5.82 Å². The summed E-state index contributed by atoms with van der Waals surface area (Å²) in [5, 5.41) is 0. The van der Waals surface area contributed by atoms with Crippen LogP contribution in [0.5, 0.6) is 5.75 Å². The molecule has 3 atom stereocenters. The van der Waals surface area contributed by atoms with Crippen molar-refractivity contribution < 1.29 is 18.3 Å². The molecule has 1 heterocycles. The van der Waals surface area contributed by atoms with Crippen LogP contribution in [-0.2, 0) is 4.74 Å². The van der Waals surface area contributed by atoms with E-state index in [0.717, 1.165) is 31.4 Å². The maximum Gasteiger partial charge on any atom is 0.201 e. The zero-order chi connectivity index (χ0) is 21.8. The van der Waals surface area contributed by atoms with Crippen molar-refractivity contribution in [1.82, 2.24) is 0 Å². The van der Waals surface area contributed by atoms with Crippen LogP contribution >= 0.6 is 0 Å². The summed E-state index contributed by atoms with van der Waals surface area (Å²) >= 11 is 0. The van der Waals surface area contributed by atoms with Gasteiger partial charge in [0.05, 0.1) is 19.3 Å².